The van der Waals surface area contributed by atoms with E-state index in [4.69, 9.17) is 4.42 Å². The summed E-state index contributed by atoms with van der Waals surface area (Å²) in [5, 5.41) is 0. The first-order valence-electron chi connectivity index (χ1n) is 5.38. The van der Waals surface area contributed by atoms with Gasteiger partial charge in [-0.25, -0.2) is 4.98 Å². The number of nitrogens with zero attached hydrogens (tertiary/aromatic N) is 2. The summed E-state index contributed by atoms with van der Waals surface area (Å²) in [6.07, 6.45) is 4.19. The Hall–Kier alpha value is -1.88. The molecule has 0 radical (unpaired) electrons. The summed E-state index contributed by atoms with van der Waals surface area (Å²) in [4.78, 5) is 15.8. The molecule has 0 aliphatic carbocycles. The summed E-state index contributed by atoms with van der Waals surface area (Å²) in [6, 6.07) is 5.53. The summed E-state index contributed by atoms with van der Waals surface area (Å²) >= 11 is 3.42. The van der Waals surface area contributed by atoms with Crippen molar-refractivity contribution in [1.82, 2.24) is 9.38 Å². The van der Waals surface area contributed by atoms with E-state index < -0.39 is 0 Å². The molecular weight excluding hydrogens is 296 g/mol. The van der Waals surface area contributed by atoms with Crippen LogP contribution in [0.1, 0.15) is 16.1 Å². The lowest BCUT2D eigenvalue weighted by Crippen LogP contribution is -1.93. The number of aromatic nitrogens is 2. The SMILES string of the molecule is Cc1cc(Br)cn2c(C=O)c(-c3ccco3)nc12. The van der Waals surface area contributed by atoms with Crippen molar-refractivity contribution in [3.8, 4) is 11.5 Å². The highest BCUT2D eigenvalue weighted by molar-refractivity contribution is 9.10. The smallest absolute Gasteiger partial charge is 0.169 e. The first-order valence-corrected chi connectivity index (χ1v) is 6.17. The topological polar surface area (TPSA) is 47.5 Å². The number of hydrogen-bond acceptors (Lipinski definition) is 3. The van der Waals surface area contributed by atoms with Crippen molar-refractivity contribution in [1.29, 1.82) is 0 Å². The highest BCUT2D eigenvalue weighted by Gasteiger charge is 2.16. The molecule has 0 saturated heterocycles. The maximum atomic E-state index is 11.3. The number of halogens is 1. The molecule has 18 heavy (non-hydrogen) atoms. The Morgan fingerprint density at radius 3 is 3.00 bits per heavy atom. The Balaban J connectivity index is 2.41. The first kappa shape index (κ1) is 11.2. The van der Waals surface area contributed by atoms with Crippen molar-refractivity contribution in [3.63, 3.8) is 0 Å². The van der Waals surface area contributed by atoms with E-state index >= 15 is 0 Å². The second kappa shape index (κ2) is 4.10. The summed E-state index contributed by atoms with van der Waals surface area (Å²) in [7, 11) is 0. The van der Waals surface area contributed by atoms with Crippen LogP contribution in [0.2, 0.25) is 0 Å². The molecule has 90 valence electrons. The van der Waals surface area contributed by atoms with Crippen molar-refractivity contribution in [3.05, 3.63) is 46.4 Å². The highest BCUT2D eigenvalue weighted by atomic mass is 79.9. The second-order valence-corrected chi connectivity index (χ2v) is 4.89. The number of hydrogen-bond donors (Lipinski definition) is 0. The summed E-state index contributed by atoms with van der Waals surface area (Å²) in [5.41, 5.74) is 2.80. The van der Waals surface area contributed by atoms with E-state index in [0.717, 1.165) is 22.0 Å². The maximum absolute atomic E-state index is 11.3. The molecule has 3 aromatic rings. The largest absolute Gasteiger partial charge is 0.463 e. The number of imidazole rings is 1. The first-order chi connectivity index (χ1) is 8.70. The monoisotopic (exact) mass is 304 g/mol. The summed E-state index contributed by atoms with van der Waals surface area (Å²) in [6.45, 7) is 1.95. The molecule has 3 rings (SSSR count). The van der Waals surface area contributed by atoms with Gasteiger partial charge in [0.15, 0.2) is 12.0 Å². The van der Waals surface area contributed by atoms with E-state index in [0.29, 0.717) is 17.1 Å². The fourth-order valence-electron chi connectivity index (χ4n) is 1.99. The number of pyridine rings is 1. The average Bonchev–Trinajstić information content (AvgIpc) is 2.93. The lowest BCUT2D eigenvalue weighted by atomic mass is 10.3. The highest BCUT2D eigenvalue weighted by Crippen LogP contribution is 2.26. The third-order valence-electron chi connectivity index (χ3n) is 2.77. The molecule has 0 aromatic carbocycles. The molecule has 0 aliphatic rings. The van der Waals surface area contributed by atoms with Crippen LogP contribution >= 0.6 is 15.9 Å². The van der Waals surface area contributed by atoms with Gasteiger partial charge in [0.05, 0.1) is 6.26 Å². The molecule has 3 heterocycles. The van der Waals surface area contributed by atoms with Gasteiger partial charge >= 0.3 is 0 Å². The van der Waals surface area contributed by atoms with Gasteiger partial charge in [0.2, 0.25) is 0 Å². The van der Waals surface area contributed by atoms with Crippen LogP contribution in [0, 0.1) is 6.92 Å². The minimum absolute atomic E-state index is 0.490. The van der Waals surface area contributed by atoms with Gasteiger partial charge in [0.1, 0.15) is 17.0 Å². The Morgan fingerprint density at radius 1 is 1.50 bits per heavy atom. The zero-order chi connectivity index (χ0) is 12.7. The normalized spacial score (nSPS) is 11.0. The van der Waals surface area contributed by atoms with E-state index in [9.17, 15) is 4.79 Å². The molecule has 0 unspecified atom stereocenters. The van der Waals surface area contributed by atoms with Crippen LogP contribution < -0.4 is 0 Å². The van der Waals surface area contributed by atoms with Crippen molar-refractivity contribution < 1.29 is 9.21 Å². The Bertz CT molecular complexity index is 729. The van der Waals surface area contributed by atoms with Crippen LogP contribution in [-0.2, 0) is 0 Å². The molecule has 0 amide bonds. The number of fused-ring (bicyclic) bond motifs is 1. The second-order valence-electron chi connectivity index (χ2n) is 3.98. The molecular formula is C13H9BrN2O2. The lowest BCUT2D eigenvalue weighted by Gasteiger charge is -2.00. The molecule has 0 bridgehead atoms. The van der Waals surface area contributed by atoms with Gasteiger partial charge in [-0.1, -0.05) is 0 Å². The molecule has 0 aliphatic heterocycles. The molecule has 5 heteroatoms. The minimum atomic E-state index is 0.490. The van der Waals surface area contributed by atoms with Crippen molar-refractivity contribution in [2.24, 2.45) is 0 Å². The Labute approximate surface area is 111 Å². The van der Waals surface area contributed by atoms with Crippen molar-refractivity contribution >= 4 is 27.9 Å². The Morgan fingerprint density at radius 2 is 2.33 bits per heavy atom. The summed E-state index contributed by atoms with van der Waals surface area (Å²) < 4.78 is 7.99. The number of carbonyl (C=O) groups is 1. The van der Waals surface area contributed by atoms with Crippen LogP contribution in [0.3, 0.4) is 0 Å². The number of carbonyl (C=O) groups excluding carboxylic acids is 1. The number of furan rings is 1. The van der Waals surface area contributed by atoms with Gasteiger partial charge in [-0.05, 0) is 46.6 Å². The zero-order valence-corrected chi connectivity index (χ0v) is 11.1. The lowest BCUT2D eigenvalue weighted by molar-refractivity contribution is 0.111. The van der Waals surface area contributed by atoms with Gasteiger partial charge in [0, 0.05) is 10.7 Å². The van der Waals surface area contributed by atoms with E-state index in [1.165, 1.54) is 0 Å². The molecule has 0 fully saturated rings. The summed E-state index contributed by atoms with van der Waals surface area (Å²) in [5.74, 6) is 0.594. The predicted octanol–water partition coefficient (Wildman–Crippen LogP) is 3.48. The molecule has 4 nitrogen and oxygen atoms in total. The van der Waals surface area contributed by atoms with Gasteiger partial charge in [-0.2, -0.15) is 0 Å². The zero-order valence-electron chi connectivity index (χ0n) is 9.55. The molecule has 0 spiro atoms. The predicted molar refractivity (Wildman–Crippen MR) is 70.7 cm³/mol. The average molecular weight is 305 g/mol. The maximum Gasteiger partial charge on any atom is 0.169 e. The van der Waals surface area contributed by atoms with E-state index in [1.54, 1.807) is 22.8 Å². The number of rotatable bonds is 2. The number of aryl methyl sites for hydroxylation is 1. The van der Waals surface area contributed by atoms with Crippen LogP contribution in [-0.4, -0.2) is 15.7 Å². The fourth-order valence-corrected chi connectivity index (χ4v) is 2.54. The molecule has 3 aromatic heterocycles. The molecule has 0 N–H and O–H groups in total. The van der Waals surface area contributed by atoms with Crippen LogP contribution in [0.4, 0.5) is 0 Å². The van der Waals surface area contributed by atoms with Gasteiger partial charge in [-0.15, -0.1) is 0 Å². The third kappa shape index (κ3) is 1.59. The van der Waals surface area contributed by atoms with Crippen LogP contribution in [0.25, 0.3) is 17.1 Å². The van der Waals surface area contributed by atoms with Gasteiger partial charge in [-0.3, -0.25) is 9.20 Å². The van der Waals surface area contributed by atoms with E-state index in [2.05, 4.69) is 20.9 Å². The number of aldehydes is 1. The molecule has 0 atom stereocenters. The van der Waals surface area contributed by atoms with Crippen molar-refractivity contribution in [2.75, 3.05) is 0 Å². The van der Waals surface area contributed by atoms with Crippen molar-refractivity contribution in [2.45, 2.75) is 6.92 Å². The van der Waals surface area contributed by atoms with Gasteiger partial charge in [0.25, 0.3) is 0 Å². The minimum Gasteiger partial charge on any atom is -0.463 e. The third-order valence-corrected chi connectivity index (χ3v) is 3.21. The standard InChI is InChI=1S/C13H9BrN2O2/c1-8-5-9(14)6-16-10(7-17)12(15-13(8)16)11-3-2-4-18-11/h2-7H,1H3. The quantitative estimate of drug-likeness (QED) is 0.681. The van der Waals surface area contributed by atoms with E-state index in [-0.39, 0.29) is 0 Å². The van der Waals surface area contributed by atoms with Gasteiger partial charge < -0.3 is 4.42 Å². The van der Waals surface area contributed by atoms with E-state index in [1.807, 2.05) is 19.2 Å². The molecule has 0 saturated carbocycles. The van der Waals surface area contributed by atoms with Crippen LogP contribution in [0.5, 0.6) is 0 Å². The van der Waals surface area contributed by atoms with Crippen LogP contribution in [0.15, 0.2) is 39.5 Å². The Kier molecular flexibility index (Phi) is 2.56. The fraction of sp³-hybridized carbons (Fsp3) is 0.0769.